The highest BCUT2D eigenvalue weighted by Crippen LogP contribution is 2.29. The molecule has 1 rings (SSSR count). The number of amides is 1. The van der Waals surface area contributed by atoms with E-state index in [1.807, 2.05) is 20.8 Å². The highest BCUT2D eigenvalue weighted by Gasteiger charge is 2.40. The van der Waals surface area contributed by atoms with Crippen molar-refractivity contribution in [3.05, 3.63) is 0 Å². The second-order valence-electron chi connectivity index (χ2n) is 5.59. The number of rotatable bonds is 5. The lowest BCUT2D eigenvalue weighted by Gasteiger charge is -2.41. The van der Waals surface area contributed by atoms with Gasteiger partial charge >= 0.3 is 0 Å². The average Bonchev–Trinajstić information content (AvgIpc) is 2.39. The third kappa shape index (κ3) is 3.37. The summed E-state index contributed by atoms with van der Waals surface area (Å²) in [7, 11) is 1.70. The molecule has 106 valence electrons. The summed E-state index contributed by atoms with van der Waals surface area (Å²) >= 11 is 5.81. The zero-order valence-electron chi connectivity index (χ0n) is 11.7. The fraction of sp³-hybridized carbons (Fsp3) is 0.923. The fourth-order valence-electron chi connectivity index (χ4n) is 2.12. The summed E-state index contributed by atoms with van der Waals surface area (Å²) < 4.78 is 11.0. The maximum atomic E-state index is 12.1. The molecule has 0 spiro atoms. The highest BCUT2D eigenvalue weighted by atomic mass is 35.5. The molecule has 1 saturated heterocycles. The molecule has 0 aromatic heterocycles. The Labute approximate surface area is 114 Å². The number of halogens is 1. The molecule has 0 radical (unpaired) electrons. The Morgan fingerprint density at radius 3 is 2.50 bits per heavy atom. The largest absolute Gasteiger partial charge is 0.381 e. The number of carbonyl (C=O) groups excluding carboxylic acids is 1. The van der Waals surface area contributed by atoms with Crippen molar-refractivity contribution in [1.29, 1.82) is 0 Å². The van der Waals surface area contributed by atoms with Crippen LogP contribution in [0, 0.1) is 5.41 Å². The van der Waals surface area contributed by atoms with Gasteiger partial charge in [0.1, 0.15) is 0 Å². The molecule has 1 fully saturated rings. The zero-order chi connectivity index (χ0) is 13.8. The Kier molecular flexibility index (Phi) is 5.44. The fourth-order valence-corrected chi connectivity index (χ4v) is 2.24. The van der Waals surface area contributed by atoms with Gasteiger partial charge in [0.05, 0.1) is 17.1 Å². The maximum absolute atomic E-state index is 12.1. The summed E-state index contributed by atoms with van der Waals surface area (Å²) in [5, 5.41) is 3.03. The highest BCUT2D eigenvalue weighted by molar-refractivity contribution is 6.19. The van der Waals surface area contributed by atoms with Crippen molar-refractivity contribution in [3.8, 4) is 0 Å². The van der Waals surface area contributed by atoms with Crippen LogP contribution in [-0.2, 0) is 14.3 Å². The topological polar surface area (TPSA) is 47.6 Å². The van der Waals surface area contributed by atoms with Crippen LogP contribution in [0.1, 0.15) is 33.6 Å². The standard InChI is InChI=1S/C13H24ClNO3/c1-10(15-11(16)12(2,3)9-14)13(17-4)5-7-18-8-6-13/h10H,5-9H2,1-4H3,(H,15,16). The van der Waals surface area contributed by atoms with Crippen LogP contribution in [0.2, 0.25) is 0 Å². The predicted octanol–water partition coefficient (Wildman–Crippen LogP) is 1.95. The quantitative estimate of drug-likeness (QED) is 0.782. The van der Waals surface area contributed by atoms with E-state index in [2.05, 4.69) is 5.32 Å². The monoisotopic (exact) mass is 277 g/mol. The van der Waals surface area contributed by atoms with Crippen LogP contribution >= 0.6 is 11.6 Å². The van der Waals surface area contributed by atoms with Crippen LogP contribution < -0.4 is 5.32 Å². The molecule has 18 heavy (non-hydrogen) atoms. The van der Waals surface area contributed by atoms with E-state index in [1.165, 1.54) is 0 Å². The smallest absolute Gasteiger partial charge is 0.227 e. The van der Waals surface area contributed by atoms with E-state index in [0.717, 1.165) is 12.8 Å². The Hall–Kier alpha value is -0.320. The Morgan fingerprint density at radius 2 is 2.06 bits per heavy atom. The van der Waals surface area contributed by atoms with Gasteiger partial charge in [0.15, 0.2) is 0 Å². The van der Waals surface area contributed by atoms with Crippen molar-refractivity contribution < 1.29 is 14.3 Å². The summed E-state index contributed by atoms with van der Waals surface area (Å²) in [5.41, 5.74) is -0.883. The van der Waals surface area contributed by atoms with Crippen molar-refractivity contribution >= 4 is 17.5 Å². The molecule has 0 bridgehead atoms. The van der Waals surface area contributed by atoms with E-state index >= 15 is 0 Å². The van der Waals surface area contributed by atoms with Crippen molar-refractivity contribution in [1.82, 2.24) is 5.32 Å². The van der Waals surface area contributed by atoms with E-state index in [9.17, 15) is 4.79 Å². The lowest BCUT2D eigenvalue weighted by Crippen LogP contribution is -2.57. The molecular weight excluding hydrogens is 254 g/mol. The van der Waals surface area contributed by atoms with Crippen molar-refractivity contribution in [2.45, 2.75) is 45.3 Å². The maximum Gasteiger partial charge on any atom is 0.227 e. The number of hydrogen-bond donors (Lipinski definition) is 1. The zero-order valence-corrected chi connectivity index (χ0v) is 12.5. The van der Waals surface area contributed by atoms with E-state index < -0.39 is 5.41 Å². The summed E-state index contributed by atoms with van der Waals surface area (Å²) in [5.74, 6) is 0.266. The second-order valence-corrected chi connectivity index (χ2v) is 5.86. The molecule has 1 aliphatic rings. The van der Waals surface area contributed by atoms with E-state index in [4.69, 9.17) is 21.1 Å². The summed E-state index contributed by atoms with van der Waals surface area (Å²) in [6.07, 6.45) is 1.60. The van der Waals surface area contributed by atoms with Crippen LogP contribution in [-0.4, -0.2) is 43.8 Å². The molecule has 1 aliphatic heterocycles. The van der Waals surface area contributed by atoms with Gasteiger partial charge in [-0.3, -0.25) is 4.79 Å². The van der Waals surface area contributed by atoms with Crippen LogP contribution in [0.25, 0.3) is 0 Å². The summed E-state index contributed by atoms with van der Waals surface area (Å²) in [6.45, 7) is 7.01. The van der Waals surface area contributed by atoms with E-state index in [-0.39, 0.29) is 17.6 Å². The molecule has 4 nitrogen and oxygen atoms in total. The Balaban J connectivity index is 2.68. The van der Waals surface area contributed by atoms with Crippen molar-refractivity contribution in [2.75, 3.05) is 26.2 Å². The molecule has 0 aliphatic carbocycles. The average molecular weight is 278 g/mol. The van der Waals surface area contributed by atoms with Crippen LogP contribution in [0.5, 0.6) is 0 Å². The summed E-state index contributed by atoms with van der Waals surface area (Å²) in [4.78, 5) is 12.1. The number of alkyl halides is 1. The van der Waals surface area contributed by atoms with Gasteiger partial charge < -0.3 is 14.8 Å². The Bertz CT molecular complexity index is 288. The van der Waals surface area contributed by atoms with Gasteiger partial charge in [0.25, 0.3) is 0 Å². The van der Waals surface area contributed by atoms with Crippen molar-refractivity contribution in [3.63, 3.8) is 0 Å². The van der Waals surface area contributed by atoms with Gasteiger partial charge in [0, 0.05) is 39.0 Å². The minimum absolute atomic E-state index is 0.0343. The molecule has 1 atom stereocenters. The molecule has 1 N–H and O–H groups in total. The molecule has 0 aromatic carbocycles. The van der Waals surface area contributed by atoms with Crippen molar-refractivity contribution in [2.24, 2.45) is 5.41 Å². The van der Waals surface area contributed by atoms with Crippen LogP contribution in [0.4, 0.5) is 0 Å². The molecule has 0 saturated carbocycles. The van der Waals surface area contributed by atoms with E-state index in [1.54, 1.807) is 7.11 Å². The molecule has 5 heteroatoms. The van der Waals surface area contributed by atoms with Crippen LogP contribution in [0.3, 0.4) is 0 Å². The van der Waals surface area contributed by atoms with Gasteiger partial charge in [0.2, 0.25) is 5.91 Å². The number of nitrogens with one attached hydrogen (secondary N) is 1. The predicted molar refractivity (Wildman–Crippen MR) is 71.9 cm³/mol. The lowest BCUT2D eigenvalue weighted by atomic mass is 9.85. The van der Waals surface area contributed by atoms with Gasteiger partial charge in [-0.05, 0) is 20.8 Å². The third-order valence-corrected chi connectivity index (χ3v) is 4.50. The minimum Gasteiger partial charge on any atom is -0.381 e. The molecule has 1 unspecified atom stereocenters. The molecule has 1 amide bonds. The minimum atomic E-state index is -0.560. The first-order valence-corrected chi connectivity index (χ1v) is 6.91. The number of carbonyl (C=O) groups is 1. The number of hydrogen-bond acceptors (Lipinski definition) is 3. The molecule has 0 aromatic rings. The first kappa shape index (κ1) is 15.7. The SMILES string of the molecule is COC1(C(C)NC(=O)C(C)(C)CCl)CCOCC1. The third-order valence-electron chi connectivity index (χ3n) is 3.83. The first-order valence-electron chi connectivity index (χ1n) is 6.38. The van der Waals surface area contributed by atoms with E-state index in [0.29, 0.717) is 19.1 Å². The van der Waals surface area contributed by atoms with Gasteiger partial charge in [-0.1, -0.05) is 0 Å². The second kappa shape index (κ2) is 6.22. The normalized spacial score (nSPS) is 21.4. The van der Waals surface area contributed by atoms with Gasteiger partial charge in [-0.25, -0.2) is 0 Å². The Morgan fingerprint density at radius 1 is 1.50 bits per heavy atom. The number of methoxy groups -OCH3 is 1. The van der Waals surface area contributed by atoms with Crippen LogP contribution in [0.15, 0.2) is 0 Å². The molecular formula is C13H24ClNO3. The lowest BCUT2D eigenvalue weighted by molar-refractivity contribution is -0.137. The van der Waals surface area contributed by atoms with Gasteiger partial charge in [-0.2, -0.15) is 0 Å². The molecule has 1 heterocycles. The number of ether oxygens (including phenoxy) is 2. The van der Waals surface area contributed by atoms with Gasteiger partial charge in [-0.15, -0.1) is 11.6 Å². The summed E-state index contributed by atoms with van der Waals surface area (Å²) in [6, 6.07) is -0.0543. The first-order chi connectivity index (χ1) is 8.38.